The molecule has 8 heteroatoms. The van der Waals surface area contributed by atoms with Gasteiger partial charge < -0.3 is 19.4 Å². The molecule has 0 aliphatic carbocycles. The molecule has 0 amide bonds. The number of hydrogen-bond acceptors (Lipinski definition) is 7. The second-order valence-corrected chi connectivity index (χ2v) is 6.98. The molecule has 2 aliphatic heterocycles. The van der Waals surface area contributed by atoms with E-state index >= 15 is 0 Å². The number of pyridine rings is 1. The molecule has 2 saturated heterocycles. The van der Waals surface area contributed by atoms with E-state index in [0.29, 0.717) is 19.0 Å². The predicted octanol–water partition coefficient (Wildman–Crippen LogP) is 1.95. The summed E-state index contributed by atoms with van der Waals surface area (Å²) < 4.78 is 19.5. The lowest BCUT2D eigenvalue weighted by Crippen LogP contribution is -2.47. The van der Waals surface area contributed by atoms with Crippen LogP contribution in [0.4, 0.5) is 22.0 Å². The van der Waals surface area contributed by atoms with Crippen molar-refractivity contribution in [1.82, 2.24) is 15.0 Å². The Morgan fingerprint density at radius 1 is 1.11 bits per heavy atom. The molecule has 2 fully saturated rings. The fraction of sp³-hybridized carbons (Fsp3) is 0.526. The molecule has 2 aromatic heterocycles. The average molecular weight is 372 g/mol. The molecule has 27 heavy (non-hydrogen) atoms. The van der Waals surface area contributed by atoms with Crippen molar-refractivity contribution >= 4 is 17.6 Å². The Hall–Kier alpha value is -2.48. The lowest BCUT2D eigenvalue weighted by molar-refractivity contribution is 0.122. The first-order valence-corrected chi connectivity index (χ1v) is 9.46. The molecule has 0 N–H and O–H groups in total. The third-order valence-electron chi connectivity index (χ3n) is 5.27. The van der Waals surface area contributed by atoms with Crippen molar-refractivity contribution in [2.45, 2.75) is 18.9 Å². The van der Waals surface area contributed by atoms with Gasteiger partial charge in [-0.25, -0.2) is 14.4 Å². The Balaban J connectivity index is 1.49. The summed E-state index contributed by atoms with van der Waals surface area (Å²) in [7, 11) is 2.05. The number of piperidine rings is 1. The minimum Gasteiger partial charge on any atom is -0.378 e. The smallest absolute Gasteiger partial charge is 0.227 e. The summed E-state index contributed by atoms with van der Waals surface area (Å²) in [6.45, 7) is 4.57. The Bertz CT molecular complexity index is 769. The fourth-order valence-electron chi connectivity index (χ4n) is 3.71. The van der Waals surface area contributed by atoms with Gasteiger partial charge in [0, 0.05) is 51.7 Å². The van der Waals surface area contributed by atoms with Crippen LogP contribution in [0.1, 0.15) is 12.8 Å². The molecule has 4 heterocycles. The van der Waals surface area contributed by atoms with Gasteiger partial charge in [0.1, 0.15) is 5.82 Å². The molecule has 2 aromatic rings. The second kappa shape index (κ2) is 8.04. The minimum atomic E-state index is -0.266. The molecule has 2 aliphatic rings. The quantitative estimate of drug-likeness (QED) is 0.813. The summed E-state index contributed by atoms with van der Waals surface area (Å²) in [5, 5.41) is 0. The van der Waals surface area contributed by atoms with E-state index in [2.05, 4.69) is 19.8 Å². The summed E-state index contributed by atoms with van der Waals surface area (Å²) in [5.74, 6) is 1.80. The molecule has 0 bridgehead atoms. The van der Waals surface area contributed by atoms with Gasteiger partial charge in [-0.05, 0) is 31.0 Å². The number of morpholine rings is 1. The van der Waals surface area contributed by atoms with E-state index in [1.54, 1.807) is 12.3 Å². The summed E-state index contributed by atoms with van der Waals surface area (Å²) in [6.07, 6.45) is 5.48. The molecule has 1 unspecified atom stereocenters. The first kappa shape index (κ1) is 17.9. The minimum absolute atomic E-state index is 0.243. The third kappa shape index (κ3) is 3.95. The highest BCUT2D eigenvalue weighted by Crippen LogP contribution is 2.25. The van der Waals surface area contributed by atoms with Crippen molar-refractivity contribution in [3.63, 3.8) is 0 Å². The zero-order chi connectivity index (χ0) is 18.6. The molecule has 0 aromatic carbocycles. The van der Waals surface area contributed by atoms with Crippen molar-refractivity contribution in [3.8, 4) is 0 Å². The third-order valence-corrected chi connectivity index (χ3v) is 5.27. The summed E-state index contributed by atoms with van der Waals surface area (Å²) in [5.41, 5.74) is 0. The summed E-state index contributed by atoms with van der Waals surface area (Å²) >= 11 is 0. The highest BCUT2D eigenvalue weighted by atomic mass is 19.1. The van der Waals surface area contributed by atoms with Crippen molar-refractivity contribution in [2.24, 2.45) is 0 Å². The van der Waals surface area contributed by atoms with Gasteiger partial charge in [-0.3, -0.25) is 0 Å². The lowest BCUT2D eigenvalue weighted by Gasteiger charge is -2.39. The molecule has 0 radical (unpaired) electrons. The molecular formula is C19H25FN6O. The zero-order valence-electron chi connectivity index (χ0n) is 15.6. The van der Waals surface area contributed by atoms with Gasteiger partial charge in [0.25, 0.3) is 0 Å². The van der Waals surface area contributed by atoms with E-state index in [4.69, 9.17) is 9.72 Å². The van der Waals surface area contributed by atoms with Crippen LogP contribution in [0.25, 0.3) is 0 Å². The van der Waals surface area contributed by atoms with Crippen LogP contribution in [0.3, 0.4) is 0 Å². The lowest BCUT2D eigenvalue weighted by atomic mass is 10.0. The largest absolute Gasteiger partial charge is 0.378 e. The fourth-order valence-corrected chi connectivity index (χ4v) is 3.71. The van der Waals surface area contributed by atoms with Gasteiger partial charge in [0.05, 0.1) is 13.2 Å². The van der Waals surface area contributed by atoms with Crippen LogP contribution in [-0.2, 0) is 4.74 Å². The number of hydrogen-bond donors (Lipinski definition) is 0. The number of ether oxygens (including phenoxy) is 1. The highest BCUT2D eigenvalue weighted by molar-refractivity contribution is 5.46. The average Bonchev–Trinajstić information content (AvgIpc) is 2.74. The van der Waals surface area contributed by atoms with Crippen LogP contribution in [0.5, 0.6) is 0 Å². The SMILES string of the molecule is CN(c1ccnc(N2CCOCC2)n1)C1CCCN(c2ncccc2F)C1. The van der Waals surface area contributed by atoms with Gasteiger partial charge in [0.15, 0.2) is 11.6 Å². The van der Waals surface area contributed by atoms with Crippen LogP contribution in [0, 0.1) is 5.82 Å². The Morgan fingerprint density at radius 2 is 1.96 bits per heavy atom. The van der Waals surface area contributed by atoms with E-state index in [1.807, 2.05) is 24.2 Å². The van der Waals surface area contributed by atoms with Crippen LogP contribution >= 0.6 is 0 Å². The summed E-state index contributed by atoms with van der Waals surface area (Å²) in [6, 6.07) is 5.27. The Morgan fingerprint density at radius 3 is 2.78 bits per heavy atom. The number of nitrogens with zero attached hydrogens (tertiary/aromatic N) is 6. The maximum atomic E-state index is 14.1. The number of rotatable bonds is 4. The number of anilines is 3. The van der Waals surface area contributed by atoms with Crippen LogP contribution in [-0.4, -0.2) is 67.4 Å². The van der Waals surface area contributed by atoms with Gasteiger partial charge >= 0.3 is 0 Å². The van der Waals surface area contributed by atoms with Gasteiger partial charge in [-0.15, -0.1) is 0 Å². The number of likely N-dealkylation sites (N-methyl/N-ethyl adjacent to an activating group) is 1. The van der Waals surface area contributed by atoms with E-state index < -0.39 is 0 Å². The van der Waals surface area contributed by atoms with Crippen molar-refractivity contribution in [3.05, 3.63) is 36.4 Å². The normalized spacial score (nSPS) is 20.6. The molecule has 0 saturated carbocycles. The second-order valence-electron chi connectivity index (χ2n) is 6.98. The predicted molar refractivity (Wildman–Crippen MR) is 103 cm³/mol. The van der Waals surface area contributed by atoms with Gasteiger partial charge in [-0.1, -0.05) is 0 Å². The molecule has 4 rings (SSSR count). The molecule has 0 spiro atoms. The highest BCUT2D eigenvalue weighted by Gasteiger charge is 2.27. The zero-order valence-corrected chi connectivity index (χ0v) is 15.6. The van der Waals surface area contributed by atoms with E-state index in [0.717, 1.165) is 50.8 Å². The standard InChI is InChI=1S/C19H25FN6O/c1-24(17-6-8-22-19(23-17)25-10-12-27-13-11-25)15-4-3-9-26(14-15)18-16(20)5-2-7-21-18/h2,5-8,15H,3-4,9-14H2,1H3. The molecule has 1 atom stereocenters. The topological polar surface area (TPSA) is 57.6 Å². The van der Waals surface area contributed by atoms with Gasteiger partial charge in [-0.2, -0.15) is 4.98 Å². The maximum Gasteiger partial charge on any atom is 0.227 e. The number of aromatic nitrogens is 3. The summed E-state index contributed by atoms with van der Waals surface area (Å²) in [4.78, 5) is 19.8. The van der Waals surface area contributed by atoms with E-state index in [-0.39, 0.29) is 11.9 Å². The van der Waals surface area contributed by atoms with Gasteiger partial charge in [0.2, 0.25) is 5.95 Å². The Labute approximate surface area is 158 Å². The van der Waals surface area contributed by atoms with Crippen LogP contribution < -0.4 is 14.7 Å². The number of halogens is 1. The molecular weight excluding hydrogens is 347 g/mol. The first-order valence-electron chi connectivity index (χ1n) is 9.46. The van der Waals surface area contributed by atoms with E-state index in [9.17, 15) is 4.39 Å². The van der Waals surface area contributed by atoms with Crippen LogP contribution in [0.15, 0.2) is 30.6 Å². The first-order chi connectivity index (χ1) is 13.2. The monoisotopic (exact) mass is 372 g/mol. The molecule has 144 valence electrons. The maximum absolute atomic E-state index is 14.1. The van der Waals surface area contributed by atoms with Crippen LogP contribution in [0.2, 0.25) is 0 Å². The molecule has 7 nitrogen and oxygen atoms in total. The van der Waals surface area contributed by atoms with Crippen molar-refractivity contribution in [1.29, 1.82) is 0 Å². The van der Waals surface area contributed by atoms with E-state index in [1.165, 1.54) is 6.07 Å². The van der Waals surface area contributed by atoms with Crippen molar-refractivity contribution in [2.75, 3.05) is 61.1 Å². The Kier molecular flexibility index (Phi) is 5.33. The van der Waals surface area contributed by atoms with Crippen molar-refractivity contribution < 1.29 is 9.13 Å².